The molecule has 1 aromatic heterocycles. The van der Waals surface area contributed by atoms with Crippen LogP contribution in [-0.2, 0) is 12.8 Å². The first kappa shape index (κ1) is 15.9. The fraction of sp³-hybridized carbons (Fsp3) is 0.421. The highest BCUT2D eigenvalue weighted by Gasteiger charge is 2.31. The minimum absolute atomic E-state index is 0.0151. The van der Waals surface area contributed by atoms with Gasteiger partial charge >= 0.3 is 0 Å². The van der Waals surface area contributed by atoms with Crippen LogP contribution in [0, 0.1) is 0 Å². The molecule has 2 aliphatic rings. The van der Waals surface area contributed by atoms with Gasteiger partial charge in [0.25, 0.3) is 5.91 Å². The minimum Gasteiger partial charge on any atom is -0.489 e. The molecule has 6 heteroatoms. The summed E-state index contributed by atoms with van der Waals surface area (Å²) in [5.41, 5.74) is 8.25. The van der Waals surface area contributed by atoms with E-state index >= 15 is 0 Å². The number of nitrogens with zero attached hydrogens (tertiary/aromatic N) is 3. The highest BCUT2D eigenvalue weighted by atomic mass is 16.5. The quantitative estimate of drug-likeness (QED) is 0.928. The summed E-state index contributed by atoms with van der Waals surface area (Å²) in [7, 11) is 0. The molecule has 2 heterocycles. The van der Waals surface area contributed by atoms with E-state index in [0.29, 0.717) is 18.8 Å². The van der Waals surface area contributed by atoms with Crippen LogP contribution in [0.5, 0.6) is 5.75 Å². The van der Waals surface area contributed by atoms with Gasteiger partial charge in [0.2, 0.25) is 5.95 Å². The number of benzene rings is 1. The Morgan fingerprint density at radius 2 is 1.96 bits per heavy atom. The molecule has 1 aromatic carbocycles. The predicted octanol–water partition coefficient (Wildman–Crippen LogP) is 2.23. The van der Waals surface area contributed by atoms with Crippen LogP contribution in [0.15, 0.2) is 30.3 Å². The van der Waals surface area contributed by atoms with Crippen LogP contribution in [0.1, 0.15) is 41.0 Å². The lowest BCUT2D eigenvalue weighted by Crippen LogP contribution is -2.33. The van der Waals surface area contributed by atoms with Crippen LogP contribution in [0.25, 0.3) is 0 Å². The third-order valence-corrected chi connectivity index (χ3v) is 4.88. The third kappa shape index (κ3) is 3.29. The van der Waals surface area contributed by atoms with E-state index in [9.17, 15) is 4.79 Å². The van der Waals surface area contributed by atoms with Crippen molar-refractivity contribution in [3.63, 3.8) is 0 Å². The smallest absolute Gasteiger partial charge is 0.273 e. The van der Waals surface area contributed by atoms with E-state index in [1.165, 1.54) is 0 Å². The van der Waals surface area contributed by atoms with E-state index in [0.717, 1.165) is 49.1 Å². The van der Waals surface area contributed by atoms with Crippen molar-refractivity contribution >= 4 is 11.9 Å². The Morgan fingerprint density at radius 1 is 1.16 bits per heavy atom. The van der Waals surface area contributed by atoms with Crippen molar-refractivity contribution in [2.24, 2.45) is 0 Å². The van der Waals surface area contributed by atoms with Crippen molar-refractivity contribution in [1.82, 2.24) is 14.9 Å². The molecule has 1 aliphatic heterocycles. The Kier molecular flexibility index (Phi) is 4.26. The number of carbonyl (C=O) groups excluding carboxylic acids is 1. The Balaban J connectivity index is 1.50. The molecular formula is C19H22N4O2. The molecule has 1 saturated heterocycles. The average Bonchev–Trinajstić information content (AvgIpc) is 3.09. The van der Waals surface area contributed by atoms with Gasteiger partial charge in [0.1, 0.15) is 17.5 Å². The Hall–Kier alpha value is -2.63. The number of nitrogens with two attached hydrogens (primary N) is 1. The van der Waals surface area contributed by atoms with E-state index < -0.39 is 0 Å². The molecule has 25 heavy (non-hydrogen) atoms. The molecule has 0 unspecified atom stereocenters. The van der Waals surface area contributed by atoms with Gasteiger partial charge in [0.15, 0.2) is 0 Å². The molecule has 6 nitrogen and oxygen atoms in total. The second kappa shape index (κ2) is 6.70. The predicted molar refractivity (Wildman–Crippen MR) is 94.5 cm³/mol. The lowest BCUT2D eigenvalue weighted by atomic mass is 9.94. The van der Waals surface area contributed by atoms with Gasteiger partial charge in [-0.1, -0.05) is 18.2 Å². The summed E-state index contributed by atoms with van der Waals surface area (Å²) in [5.74, 6) is 0.983. The lowest BCUT2D eigenvalue weighted by Gasteiger charge is -2.21. The molecular weight excluding hydrogens is 316 g/mol. The highest BCUT2D eigenvalue weighted by Crippen LogP contribution is 2.25. The Labute approximate surface area is 147 Å². The van der Waals surface area contributed by atoms with Crippen molar-refractivity contribution in [3.8, 4) is 5.75 Å². The maximum Gasteiger partial charge on any atom is 0.273 e. The number of likely N-dealkylation sites (tertiary alicyclic amines) is 1. The molecule has 0 spiro atoms. The summed E-state index contributed by atoms with van der Waals surface area (Å²) in [5, 5.41) is 0. The molecule has 1 fully saturated rings. The third-order valence-electron chi connectivity index (χ3n) is 4.88. The number of amides is 1. The average molecular weight is 338 g/mol. The van der Waals surface area contributed by atoms with Crippen molar-refractivity contribution in [3.05, 3.63) is 47.3 Å². The summed E-state index contributed by atoms with van der Waals surface area (Å²) >= 11 is 0. The van der Waals surface area contributed by atoms with E-state index in [-0.39, 0.29) is 18.0 Å². The number of para-hydroxylation sites is 1. The van der Waals surface area contributed by atoms with Crippen molar-refractivity contribution in [2.45, 2.75) is 38.2 Å². The second-order valence-corrected chi connectivity index (χ2v) is 6.66. The van der Waals surface area contributed by atoms with E-state index in [1.807, 2.05) is 35.2 Å². The van der Waals surface area contributed by atoms with Gasteiger partial charge in [0.05, 0.1) is 6.54 Å². The van der Waals surface area contributed by atoms with Gasteiger partial charge in [-0.05, 0) is 37.8 Å². The van der Waals surface area contributed by atoms with Gasteiger partial charge < -0.3 is 15.4 Å². The fourth-order valence-electron chi connectivity index (χ4n) is 3.64. The van der Waals surface area contributed by atoms with E-state index in [4.69, 9.17) is 10.5 Å². The number of nitrogen functional groups attached to an aromatic ring is 1. The molecule has 130 valence electrons. The Bertz CT molecular complexity index is 778. The second-order valence-electron chi connectivity index (χ2n) is 6.66. The van der Waals surface area contributed by atoms with Crippen molar-refractivity contribution in [2.75, 3.05) is 18.8 Å². The van der Waals surface area contributed by atoms with Crippen molar-refractivity contribution < 1.29 is 9.53 Å². The van der Waals surface area contributed by atoms with Crippen molar-refractivity contribution in [1.29, 1.82) is 0 Å². The molecule has 1 amide bonds. The standard InChI is InChI=1S/C19H22N4O2/c20-19-21-16-9-5-4-8-15(16)17(22-19)18(24)23-11-10-14(12-23)25-13-6-2-1-3-7-13/h1-3,6-7,14H,4-5,8-12H2,(H2,20,21,22)/t14-/m0/s1. The SMILES string of the molecule is Nc1nc2c(c(C(=O)N3CC[C@H](Oc4ccccc4)C3)n1)CCCC2. The van der Waals surface area contributed by atoms with Gasteiger partial charge in [-0.2, -0.15) is 0 Å². The van der Waals surface area contributed by atoms with Crippen LogP contribution >= 0.6 is 0 Å². The van der Waals surface area contributed by atoms with Crippen LogP contribution < -0.4 is 10.5 Å². The number of fused-ring (bicyclic) bond motifs is 1. The molecule has 1 aliphatic carbocycles. The molecule has 0 radical (unpaired) electrons. The number of aromatic nitrogens is 2. The van der Waals surface area contributed by atoms with Crippen LogP contribution in [-0.4, -0.2) is 40.0 Å². The molecule has 0 saturated carbocycles. The maximum absolute atomic E-state index is 13.0. The lowest BCUT2D eigenvalue weighted by molar-refractivity contribution is 0.0765. The minimum atomic E-state index is -0.0496. The van der Waals surface area contributed by atoms with E-state index in [2.05, 4.69) is 9.97 Å². The highest BCUT2D eigenvalue weighted by molar-refractivity contribution is 5.94. The van der Waals surface area contributed by atoms with Crippen LogP contribution in [0.3, 0.4) is 0 Å². The van der Waals surface area contributed by atoms with Gasteiger partial charge in [-0.3, -0.25) is 4.79 Å². The number of rotatable bonds is 3. The molecule has 0 bridgehead atoms. The van der Waals surface area contributed by atoms with E-state index in [1.54, 1.807) is 0 Å². The van der Waals surface area contributed by atoms with Gasteiger partial charge in [-0.15, -0.1) is 0 Å². The zero-order valence-electron chi connectivity index (χ0n) is 14.1. The first-order valence-electron chi connectivity index (χ1n) is 8.87. The monoisotopic (exact) mass is 338 g/mol. The normalized spacial score (nSPS) is 19.5. The first-order valence-corrected chi connectivity index (χ1v) is 8.87. The topological polar surface area (TPSA) is 81.3 Å². The first-order chi connectivity index (χ1) is 12.2. The zero-order valence-corrected chi connectivity index (χ0v) is 14.1. The molecule has 2 aromatic rings. The van der Waals surface area contributed by atoms with Crippen LogP contribution in [0.4, 0.5) is 5.95 Å². The molecule has 4 rings (SSSR count). The maximum atomic E-state index is 13.0. The molecule has 1 atom stereocenters. The summed E-state index contributed by atoms with van der Waals surface area (Å²) in [4.78, 5) is 23.4. The summed E-state index contributed by atoms with van der Waals surface area (Å²) in [6.45, 7) is 1.25. The number of carbonyl (C=O) groups is 1. The molecule has 2 N–H and O–H groups in total. The Morgan fingerprint density at radius 3 is 2.80 bits per heavy atom. The summed E-state index contributed by atoms with van der Waals surface area (Å²) in [6, 6.07) is 9.73. The summed E-state index contributed by atoms with van der Waals surface area (Å²) < 4.78 is 5.98. The van der Waals surface area contributed by atoms with Crippen LogP contribution in [0.2, 0.25) is 0 Å². The number of ether oxygens (including phenoxy) is 1. The summed E-state index contributed by atoms with van der Waals surface area (Å²) in [6.07, 6.45) is 4.73. The number of hydrogen-bond acceptors (Lipinski definition) is 5. The van der Waals surface area contributed by atoms with Gasteiger partial charge in [-0.25, -0.2) is 9.97 Å². The number of anilines is 1. The van der Waals surface area contributed by atoms with Gasteiger partial charge in [0, 0.05) is 24.2 Å². The zero-order chi connectivity index (χ0) is 17.2. The fourth-order valence-corrected chi connectivity index (χ4v) is 3.64. The largest absolute Gasteiger partial charge is 0.489 e. The number of aryl methyl sites for hydroxylation is 1. The number of hydrogen-bond donors (Lipinski definition) is 1.